The number of benzene rings is 1. The fourth-order valence-corrected chi connectivity index (χ4v) is 4.93. The molecule has 1 amide bonds. The molecule has 0 radical (unpaired) electrons. The summed E-state index contributed by atoms with van der Waals surface area (Å²) in [5.74, 6) is -0.00961. The predicted octanol–water partition coefficient (Wildman–Crippen LogP) is 2.49. The number of amidine groups is 1. The first kappa shape index (κ1) is 17.9. The van der Waals surface area contributed by atoms with Crippen molar-refractivity contribution in [3.63, 3.8) is 0 Å². The van der Waals surface area contributed by atoms with Gasteiger partial charge in [0.15, 0.2) is 0 Å². The molecule has 132 valence electrons. The number of amides is 1. The van der Waals surface area contributed by atoms with Gasteiger partial charge in [-0.25, -0.2) is 8.42 Å². The molecule has 1 N–H and O–H groups in total. The zero-order chi connectivity index (χ0) is 18.2. The van der Waals surface area contributed by atoms with E-state index in [2.05, 4.69) is 9.71 Å². The number of nitrogens with zero attached hydrogens (tertiary/aromatic N) is 2. The number of fused-ring (bicyclic) bond motifs is 1. The van der Waals surface area contributed by atoms with Crippen LogP contribution >= 0.6 is 22.9 Å². The number of rotatable bonds is 4. The number of carbonyl (C=O) groups excluding carboxylic acids is 1. The topological polar surface area (TPSA) is 78.8 Å². The van der Waals surface area contributed by atoms with E-state index in [0.29, 0.717) is 16.4 Å². The summed E-state index contributed by atoms with van der Waals surface area (Å²) in [6, 6.07) is 9.50. The molecule has 1 aliphatic rings. The molecule has 1 aromatic carbocycles. The first-order valence-corrected chi connectivity index (χ1v) is 10.1. The molecular formula is C16H16ClN3O3S2. The van der Waals surface area contributed by atoms with Crippen LogP contribution in [0.25, 0.3) is 0 Å². The Kier molecular flexibility index (Phi) is 4.86. The third-order valence-corrected chi connectivity index (χ3v) is 6.35. The largest absolute Gasteiger partial charge is 0.339 e. The van der Waals surface area contributed by atoms with Crippen molar-refractivity contribution in [3.8, 4) is 0 Å². The quantitative estimate of drug-likeness (QED) is 0.860. The maximum absolute atomic E-state index is 12.5. The van der Waals surface area contributed by atoms with Crippen LogP contribution in [0.5, 0.6) is 0 Å². The van der Waals surface area contributed by atoms with Crippen LogP contribution in [0.1, 0.15) is 17.4 Å². The molecule has 6 nitrogen and oxygen atoms in total. The molecule has 0 saturated carbocycles. The van der Waals surface area contributed by atoms with Crippen molar-refractivity contribution >= 4 is 44.7 Å². The van der Waals surface area contributed by atoms with Gasteiger partial charge in [0.05, 0.1) is 15.8 Å². The minimum Gasteiger partial charge on any atom is -0.339 e. The van der Waals surface area contributed by atoms with E-state index in [1.165, 1.54) is 17.4 Å². The Balaban J connectivity index is 1.78. The lowest BCUT2D eigenvalue weighted by molar-refractivity contribution is -0.131. The number of aliphatic imine (C=N–C) groups is 1. The number of hydrogen-bond acceptors (Lipinski definition) is 5. The standard InChI is InChI=1S/C16H16ClN3O3S2/c1-10(16(21)20(2)9-11-7-8-14(17)24-11)18-15-12-5-3-4-6-13(12)25(22,23)19-15/h3-8,10H,9H2,1-2H3,(H,18,19). The first-order chi connectivity index (χ1) is 11.8. The van der Waals surface area contributed by atoms with Gasteiger partial charge in [-0.3, -0.25) is 14.5 Å². The van der Waals surface area contributed by atoms with Crippen LogP contribution in [0.2, 0.25) is 4.34 Å². The van der Waals surface area contributed by atoms with Gasteiger partial charge >= 0.3 is 0 Å². The summed E-state index contributed by atoms with van der Waals surface area (Å²) in [6.45, 7) is 2.07. The zero-order valence-corrected chi connectivity index (χ0v) is 16.0. The van der Waals surface area contributed by atoms with Crippen molar-refractivity contribution in [2.24, 2.45) is 4.99 Å². The van der Waals surface area contributed by atoms with E-state index in [1.54, 1.807) is 43.1 Å². The highest BCUT2D eigenvalue weighted by Gasteiger charge is 2.31. The molecule has 2 heterocycles. The Bertz CT molecular complexity index is 953. The molecule has 1 atom stereocenters. The van der Waals surface area contributed by atoms with Gasteiger partial charge in [-0.05, 0) is 31.2 Å². The maximum atomic E-state index is 12.5. The maximum Gasteiger partial charge on any atom is 0.263 e. The summed E-state index contributed by atoms with van der Waals surface area (Å²) < 4.78 is 27.3. The summed E-state index contributed by atoms with van der Waals surface area (Å²) in [5.41, 5.74) is 0.481. The highest BCUT2D eigenvalue weighted by atomic mass is 35.5. The SMILES string of the molecule is CC(N=C1NS(=O)(=O)c2ccccc21)C(=O)N(C)Cc1ccc(Cl)s1. The third kappa shape index (κ3) is 3.70. The predicted molar refractivity (Wildman–Crippen MR) is 98.6 cm³/mol. The van der Waals surface area contributed by atoms with Gasteiger partial charge in [-0.15, -0.1) is 11.3 Å². The summed E-state index contributed by atoms with van der Waals surface area (Å²) in [6.07, 6.45) is 0. The van der Waals surface area contributed by atoms with Gasteiger partial charge in [-0.2, -0.15) is 0 Å². The summed E-state index contributed by atoms with van der Waals surface area (Å²) in [4.78, 5) is 19.5. The second-order valence-electron chi connectivity index (χ2n) is 5.66. The van der Waals surface area contributed by atoms with Gasteiger partial charge < -0.3 is 4.90 Å². The van der Waals surface area contributed by atoms with Crippen molar-refractivity contribution in [2.45, 2.75) is 24.4 Å². The Morgan fingerprint density at radius 2 is 2.04 bits per heavy atom. The van der Waals surface area contributed by atoms with Crippen LogP contribution in [0.15, 0.2) is 46.3 Å². The normalized spacial score (nSPS) is 17.8. The van der Waals surface area contributed by atoms with E-state index in [-0.39, 0.29) is 16.6 Å². The molecule has 9 heteroatoms. The summed E-state index contributed by atoms with van der Waals surface area (Å²) in [7, 11) is -1.93. The highest BCUT2D eigenvalue weighted by Crippen LogP contribution is 2.24. The van der Waals surface area contributed by atoms with Gasteiger partial charge in [0, 0.05) is 17.5 Å². The Labute approximate surface area is 155 Å². The average molecular weight is 398 g/mol. The zero-order valence-electron chi connectivity index (χ0n) is 13.6. The van der Waals surface area contributed by atoms with Crippen LogP contribution in [-0.2, 0) is 21.4 Å². The van der Waals surface area contributed by atoms with Crippen LogP contribution in [0.4, 0.5) is 0 Å². The van der Waals surface area contributed by atoms with Crippen molar-refractivity contribution in [2.75, 3.05) is 7.05 Å². The molecule has 1 aromatic heterocycles. The molecule has 0 bridgehead atoms. The number of sulfonamides is 1. The molecule has 0 aliphatic carbocycles. The van der Waals surface area contributed by atoms with Crippen molar-refractivity contribution < 1.29 is 13.2 Å². The van der Waals surface area contributed by atoms with Crippen LogP contribution in [0, 0.1) is 0 Å². The Hall–Kier alpha value is -1.90. The summed E-state index contributed by atoms with van der Waals surface area (Å²) >= 11 is 7.31. The van der Waals surface area contributed by atoms with Crippen LogP contribution in [-0.4, -0.2) is 38.2 Å². The number of carbonyl (C=O) groups is 1. The molecule has 3 rings (SSSR count). The number of hydrogen-bond donors (Lipinski definition) is 1. The molecule has 0 saturated heterocycles. The smallest absolute Gasteiger partial charge is 0.263 e. The van der Waals surface area contributed by atoms with E-state index in [0.717, 1.165) is 4.88 Å². The van der Waals surface area contributed by atoms with E-state index < -0.39 is 16.1 Å². The van der Waals surface area contributed by atoms with Gasteiger partial charge in [0.25, 0.3) is 10.0 Å². The molecule has 0 spiro atoms. The Morgan fingerprint density at radius 3 is 2.72 bits per heavy atom. The molecule has 2 aromatic rings. The molecule has 0 fully saturated rings. The van der Waals surface area contributed by atoms with Crippen molar-refractivity contribution in [1.29, 1.82) is 0 Å². The molecular weight excluding hydrogens is 382 g/mol. The number of likely N-dealkylation sites (N-methyl/N-ethyl adjacent to an activating group) is 1. The summed E-state index contributed by atoms with van der Waals surface area (Å²) in [5, 5.41) is 0. The number of thiophene rings is 1. The van der Waals surface area contributed by atoms with Gasteiger partial charge in [-0.1, -0.05) is 23.7 Å². The van der Waals surface area contributed by atoms with Gasteiger partial charge in [0.1, 0.15) is 11.9 Å². The molecule has 1 aliphatic heterocycles. The van der Waals surface area contributed by atoms with E-state index >= 15 is 0 Å². The van der Waals surface area contributed by atoms with E-state index in [9.17, 15) is 13.2 Å². The highest BCUT2D eigenvalue weighted by molar-refractivity contribution is 7.90. The van der Waals surface area contributed by atoms with Crippen LogP contribution in [0.3, 0.4) is 0 Å². The fraction of sp³-hybridized carbons (Fsp3) is 0.250. The average Bonchev–Trinajstić information content (AvgIpc) is 3.08. The number of halogens is 1. The first-order valence-electron chi connectivity index (χ1n) is 7.47. The minimum absolute atomic E-state index is 0.176. The number of nitrogens with one attached hydrogen (secondary N) is 1. The van der Waals surface area contributed by atoms with Crippen LogP contribution < -0.4 is 4.72 Å². The van der Waals surface area contributed by atoms with Gasteiger partial charge in [0.2, 0.25) is 5.91 Å². The lowest BCUT2D eigenvalue weighted by Gasteiger charge is -2.19. The lowest BCUT2D eigenvalue weighted by atomic mass is 10.2. The van der Waals surface area contributed by atoms with E-state index in [1.807, 2.05) is 6.07 Å². The Morgan fingerprint density at radius 1 is 1.32 bits per heavy atom. The second kappa shape index (κ2) is 6.78. The molecule has 1 unspecified atom stereocenters. The van der Waals surface area contributed by atoms with Crippen molar-refractivity contribution in [3.05, 3.63) is 51.2 Å². The van der Waals surface area contributed by atoms with E-state index in [4.69, 9.17) is 11.6 Å². The van der Waals surface area contributed by atoms with Crippen molar-refractivity contribution in [1.82, 2.24) is 9.62 Å². The third-order valence-electron chi connectivity index (χ3n) is 3.74. The molecule has 25 heavy (non-hydrogen) atoms. The minimum atomic E-state index is -3.61. The second-order valence-corrected chi connectivity index (χ2v) is 9.11. The monoisotopic (exact) mass is 397 g/mol. The lowest BCUT2D eigenvalue weighted by Crippen LogP contribution is -2.35. The fourth-order valence-electron chi connectivity index (χ4n) is 2.55.